The van der Waals surface area contributed by atoms with Crippen LogP contribution in [0.5, 0.6) is 0 Å². The summed E-state index contributed by atoms with van der Waals surface area (Å²) < 4.78 is 0. The number of aromatic nitrogens is 1. The molecule has 1 N–H and O–H groups in total. The Morgan fingerprint density at radius 2 is 1.81 bits per heavy atom. The lowest BCUT2D eigenvalue weighted by Gasteiger charge is -2.46. The van der Waals surface area contributed by atoms with Gasteiger partial charge in [0.25, 0.3) is 0 Å². The molecular formula is C18H24N2O. The molecule has 1 aliphatic carbocycles. The summed E-state index contributed by atoms with van der Waals surface area (Å²) in [4.78, 5) is 6.56. The van der Waals surface area contributed by atoms with E-state index in [9.17, 15) is 5.11 Å². The van der Waals surface area contributed by atoms with Crippen molar-refractivity contribution in [3.05, 3.63) is 42.2 Å². The molecule has 1 fully saturated rings. The van der Waals surface area contributed by atoms with Gasteiger partial charge < -0.3 is 10.0 Å². The molecule has 0 radical (unpaired) electrons. The topological polar surface area (TPSA) is 36.4 Å². The Bertz CT molecular complexity index is 612. The van der Waals surface area contributed by atoms with E-state index in [0.717, 1.165) is 29.2 Å². The summed E-state index contributed by atoms with van der Waals surface area (Å²) in [5.41, 5.74) is 0.799. The molecule has 3 rings (SSSR count). The number of hydrogen-bond acceptors (Lipinski definition) is 3. The van der Waals surface area contributed by atoms with Gasteiger partial charge in [0.1, 0.15) is 0 Å². The molecule has 1 heterocycles. The highest BCUT2D eigenvalue weighted by molar-refractivity contribution is 5.85. The van der Waals surface area contributed by atoms with Crippen LogP contribution in [0, 0.1) is 0 Å². The molecule has 1 atom stereocenters. The van der Waals surface area contributed by atoms with Crippen LogP contribution in [0.4, 0.5) is 0 Å². The van der Waals surface area contributed by atoms with Gasteiger partial charge in [-0.25, -0.2) is 0 Å². The Morgan fingerprint density at radius 1 is 1.10 bits per heavy atom. The van der Waals surface area contributed by atoms with Crippen LogP contribution in [0.15, 0.2) is 36.7 Å². The zero-order valence-corrected chi connectivity index (χ0v) is 12.9. The third kappa shape index (κ3) is 2.45. The summed E-state index contributed by atoms with van der Waals surface area (Å²) in [5, 5.41) is 13.4. The standard InChI is InChI=1S/C18H24N2O/c1-20(2)18(10-6-3-7-11-18)17(21)16-13-19-12-14-8-4-5-9-15(14)16/h4-5,8-9,12-13,17,21H,3,6-7,10-11H2,1-2H3. The molecule has 1 unspecified atom stereocenters. The van der Waals surface area contributed by atoms with Crippen molar-refractivity contribution in [1.82, 2.24) is 9.88 Å². The minimum absolute atomic E-state index is 0.163. The van der Waals surface area contributed by atoms with Crippen LogP contribution >= 0.6 is 0 Å². The van der Waals surface area contributed by atoms with Crippen LogP contribution in [0.1, 0.15) is 43.8 Å². The highest BCUT2D eigenvalue weighted by Crippen LogP contribution is 2.43. The van der Waals surface area contributed by atoms with Gasteiger partial charge >= 0.3 is 0 Å². The maximum Gasteiger partial charge on any atom is 0.0994 e. The van der Waals surface area contributed by atoms with E-state index in [1.165, 1.54) is 19.3 Å². The third-order valence-corrected chi connectivity index (χ3v) is 5.11. The van der Waals surface area contributed by atoms with Crippen molar-refractivity contribution in [2.45, 2.75) is 43.7 Å². The lowest BCUT2D eigenvalue weighted by molar-refractivity contribution is -0.0329. The Labute approximate surface area is 126 Å². The molecule has 1 saturated carbocycles. The molecule has 1 aliphatic rings. The Kier molecular flexibility index (Phi) is 3.96. The summed E-state index contributed by atoms with van der Waals surface area (Å²) in [6.45, 7) is 0. The summed E-state index contributed by atoms with van der Waals surface area (Å²) >= 11 is 0. The number of pyridine rings is 1. The molecule has 112 valence electrons. The summed E-state index contributed by atoms with van der Waals surface area (Å²) in [6.07, 6.45) is 8.96. The van der Waals surface area contributed by atoms with Crippen LogP contribution in [-0.4, -0.2) is 34.6 Å². The van der Waals surface area contributed by atoms with E-state index in [1.807, 2.05) is 24.5 Å². The van der Waals surface area contributed by atoms with E-state index in [1.54, 1.807) is 0 Å². The molecule has 0 aliphatic heterocycles. The van der Waals surface area contributed by atoms with E-state index in [0.29, 0.717) is 0 Å². The summed E-state index contributed by atoms with van der Waals surface area (Å²) in [7, 11) is 4.18. The quantitative estimate of drug-likeness (QED) is 0.936. The van der Waals surface area contributed by atoms with Gasteiger partial charge in [0.2, 0.25) is 0 Å². The van der Waals surface area contributed by atoms with Gasteiger partial charge in [0, 0.05) is 23.3 Å². The number of benzene rings is 1. The predicted octanol–water partition coefficient (Wildman–Crippen LogP) is 3.53. The lowest BCUT2D eigenvalue weighted by atomic mass is 9.74. The van der Waals surface area contributed by atoms with E-state index >= 15 is 0 Å². The predicted molar refractivity (Wildman–Crippen MR) is 86.2 cm³/mol. The second-order valence-corrected chi connectivity index (χ2v) is 6.41. The first kappa shape index (κ1) is 14.5. The van der Waals surface area contributed by atoms with Gasteiger partial charge in [0.15, 0.2) is 0 Å². The van der Waals surface area contributed by atoms with Crippen molar-refractivity contribution in [2.24, 2.45) is 0 Å². The molecule has 0 spiro atoms. The molecule has 21 heavy (non-hydrogen) atoms. The smallest absolute Gasteiger partial charge is 0.0994 e. The Morgan fingerprint density at radius 3 is 2.52 bits per heavy atom. The molecule has 2 aromatic rings. The molecule has 0 bridgehead atoms. The van der Waals surface area contributed by atoms with Crippen molar-refractivity contribution in [3.8, 4) is 0 Å². The fourth-order valence-electron chi connectivity index (χ4n) is 3.78. The van der Waals surface area contributed by atoms with Crippen LogP contribution in [0.2, 0.25) is 0 Å². The van der Waals surface area contributed by atoms with Crippen LogP contribution in [0.3, 0.4) is 0 Å². The van der Waals surface area contributed by atoms with E-state index in [2.05, 4.69) is 36.1 Å². The fraction of sp³-hybridized carbons (Fsp3) is 0.500. The second-order valence-electron chi connectivity index (χ2n) is 6.41. The van der Waals surface area contributed by atoms with Gasteiger partial charge in [-0.05, 0) is 32.3 Å². The van der Waals surface area contributed by atoms with Gasteiger partial charge in [-0.2, -0.15) is 0 Å². The normalized spacial score (nSPS) is 19.8. The van der Waals surface area contributed by atoms with E-state index < -0.39 is 6.10 Å². The Hall–Kier alpha value is -1.45. The van der Waals surface area contributed by atoms with Gasteiger partial charge in [-0.1, -0.05) is 43.5 Å². The SMILES string of the molecule is CN(C)C1(C(O)c2cncc3ccccc23)CCCCC1. The third-order valence-electron chi connectivity index (χ3n) is 5.11. The van der Waals surface area contributed by atoms with Crippen molar-refractivity contribution in [2.75, 3.05) is 14.1 Å². The second kappa shape index (κ2) is 5.74. The molecule has 0 saturated heterocycles. The minimum Gasteiger partial charge on any atom is -0.386 e. The van der Waals surface area contributed by atoms with Gasteiger partial charge in [-0.15, -0.1) is 0 Å². The average Bonchev–Trinajstić information content (AvgIpc) is 2.54. The molecular weight excluding hydrogens is 260 g/mol. The largest absolute Gasteiger partial charge is 0.386 e. The maximum absolute atomic E-state index is 11.2. The summed E-state index contributed by atoms with van der Waals surface area (Å²) in [6, 6.07) is 8.19. The number of nitrogens with zero attached hydrogens (tertiary/aromatic N) is 2. The molecule has 3 nitrogen and oxygen atoms in total. The summed E-state index contributed by atoms with van der Waals surface area (Å²) in [5.74, 6) is 0. The zero-order chi connectivity index (χ0) is 14.9. The number of rotatable bonds is 3. The molecule has 1 aromatic carbocycles. The fourth-order valence-corrected chi connectivity index (χ4v) is 3.78. The van der Waals surface area contributed by atoms with E-state index in [-0.39, 0.29) is 5.54 Å². The monoisotopic (exact) mass is 284 g/mol. The maximum atomic E-state index is 11.2. The minimum atomic E-state index is -0.494. The number of hydrogen-bond donors (Lipinski definition) is 1. The van der Waals surface area contributed by atoms with Gasteiger partial charge in [-0.3, -0.25) is 4.98 Å². The van der Waals surface area contributed by atoms with Crippen LogP contribution in [0.25, 0.3) is 10.8 Å². The highest BCUT2D eigenvalue weighted by atomic mass is 16.3. The van der Waals surface area contributed by atoms with Crippen molar-refractivity contribution >= 4 is 10.8 Å². The van der Waals surface area contributed by atoms with Crippen LogP contribution in [-0.2, 0) is 0 Å². The molecule has 0 amide bonds. The van der Waals surface area contributed by atoms with E-state index in [4.69, 9.17) is 0 Å². The lowest BCUT2D eigenvalue weighted by Crippen LogP contribution is -2.50. The van der Waals surface area contributed by atoms with Crippen molar-refractivity contribution < 1.29 is 5.11 Å². The number of likely N-dealkylation sites (N-methyl/N-ethyl adjacent to an activating group) is 1. The Balaban J connectivity index is 2.08. The van der Waals surface area contributed by atoms with Gasteiger partial charge in [0.05, 0.1) is 11.6 Å². The van der Waals surface area contributed by atoms with Crippen LogP contribution < -0.4 is 0 Å². The highest BCUT2D eigenvalue weighted by Gasteiger charge is 2.42. The number of aliphatic hydroxyl groups excluding tert-OH is 1. The zero-order valence-electron chi connectivity index (χ0n) is 12.9. The first-order valence-corrected chi connectivity index (χ1v) is 7.83. The average molecular weight is 284 g/mol. The van der Waals surface area contributed by atoms with Crippen molar-refractivity contribution in [1.29, 1.82) is 0 Å². The first-order chi connectivity index (χ1) is 10.1. The first-order valence-electron chi connectivity index (χ1n) is 7.83. The molecule has 1 aromatic heterocycles. The molecule has 3 heteroatoms. The number of fused-ring (bicyclic) bond motifs is 1. The number of aliphatic hydroxyl groups is 1. The van der Waals surface area contributed by atoms with Crippen molar-refractivity contribution in [3.63, 3.8) is 0 Å².